The van der Waals surface area contributed by atoms with Crippen molar-refractivity contribution in [1.29, 1.82) is 0 Å². The van der Waals surface area contributed by atoms with Crippen molar-refractivity contribution in [1.82, 2.24) is 10.3 Å². The van der Waals surface area contributed by atoms with E-state index in [4.69, 9.17) is 5.14 Å². The molecule has 0 fully saturated rings. The summed E-state index contributed by atoms with van der Waals surface area (Å²) >= 11 is 0. The Morgan fingerprint density at radius 2 is 1.78 bits per heavy atom. The average molecular weight is 384 g/mol. The summed E-state index contributed by atoms with van der Waals surface area (Å²) in [7, 11) is -3.68. The summed E-state index contributed by atoms with van der Waals surface area (Å²) in [5.74, 6) is -0.155. The lowest BCUT2D eigenvalue weighted by atomic mass is 10.1. The summed E-state index contributed by atoms with van der Waals surface area (Å²) in [4.78, 5) is 16.5. The van der Waals surface area contributed by atoms with Gasteiger partial charge in [0, 0.05) is 11.6 Å². The third-order valence-electron chi connectivity index (χ3n) is 4.03. The standard InChI is InChI=1S/C19H20N4O3S/c20-27(25,26)16-8-6-14(7-9-16)10-12-21-13-18(24)23-17-5-1-3-15-4-2-11-22-19(15)17/h1-9,11,21H,10,12-13H2,(H,23,24)(H2,20,25,26). The number of carbonyl (C=O) groups excluding carboxylic acids is 1. The van der Waals surface area contributed by atoms with Crippen molar-refractivity contribution in [3.63, 3.8) is 0 Å². The van der Waals surface area contributed by atoms with Gasteiger partial charge in [0.1, 0.15) is 0 Å². The number of amides is 1. The number of fused-ring (bicyclic) bond motifs is 1. The second-order valence-electron chi connectivity index (χ2n) is 6.04. The number of hydrogen-bond donors (Lipinski definition) is 3. The van der Waals surface area contributed by atoms with Gasteiger partial charge >= 0.3 is 0 Å². The van der Waals surface area contributed by atoms with Crippen LogP contribution in [0.15, 0.2) is 65.7 Å². The minimum absolute atomic E-state index is 0.0854. The van der Waals surface area contributed by atoms with Gasteiger partial charge in [0.2, 0.25) is 15.9 Å². The van der Waals surface area contributed by atoms with Crippen molar-refractivity contribution in [2.45, 2.75) is 11.3 Å². The predicted octanol–water partition coefficient (Wildman–Crippen LogP) is 1.65. The van der Waals surface area contributed by atoms with E-state index < -0.39 is 10.0 Å². The Kier molecular flexibility index (Phi) is 5.80. The Bertz CT molecular complexity index is 1040. The van der Waals surface area contributed by atoms with Gasteiger partial charge in [0.05, 0.1) is 22.6 Å². The molecule has 0 unspecified atom stereocenters. The Morgan fingerprint density at radius 1 is 1.04 bits per heavy atom. The zero-order valence-electron chi connectivity index (χ0n) is 14.6. The van der Waals surface area contributed by atoms with E-state index in [-0.39, 0.29) is 17.3 Å². The lowest BCUT2D eigenvalue weighted by Gasteiger charge is -2.09. The molecule has 27 heavy (non-hydrogen) atoms. The van der Waals surface area contributed by atoms with Crippen molar-refractivity contribution in [3.05, 3.63) is 66.4 Å². The summed E-state index contributed by atoms with van der Waals surface area (Å²) in [5, 5.41) is 12.0. The molecule has 0 spiro atoms. The van der Waals surface area contributed by atoms with Crippen LogP contribution in [0.1, 0.15) is 5.56 Å². The molecule has 0 radical (unpaired) electrons. The molecular formula is C19H20N4O3S. The highest BCUT2D eigenvalue weighted by Gasteiger charge is 2.08. The van der Waals surface area contributed by atoms with Crippen LogP contribution in [0.25, 0.3) is 10.9 Å². The Morgan fingerprint density at radius 3 is 2.52 bits per heavy atom. The number of hydrogen-bond acceptors (Lipinski definition) is 5. The van der Waals surface area contributed by atoms with Crippen molar-refractivity contribution in [2.24, 2.45) is 5.14 Å². The molecule has 140 valence electrons. The lowest BCUT2D eigenvalue weighted by Crippen LogP contribution is -2.29. The molecule has 7 nitrogen and oxygen atoms in total. The fourth-order valence-electron chi connectivity index (χ4n) is 2.68. The number of pyridine rings is 1. The number of sulfonamides is 1. The van der Waals surface area contributed by atoms with Gasteiger partial charge in [-0.1, -0.05) is 30.3 Å². The maximum atomic E-state index is 12.1. The number of para-hydroxylation sites is 1. The van der Waals surface area contributed by atoms with E-state index in [1.807, 2.05) is 30.3 Å². The molecule has 2 aromatic carbocycles. The van der Waals surface area contributed by atoms with Crippen molar-refractivity contribution in [2.75, 3.05) is 18.4 Å². The van der Waals surface area contributed by atoms with Crippen LogP contribution in [0.4, 0.5) is 5.69 Å². The zero-order chi connectivity index (χ0) is 19.3. The number of benzene rings is 2. The van der Waals surface area contributed by atoms with E-state index >= 15 is 0 Å². The zero-order valence-corrected chi connectivity index (χ0v) is 15.4. The van der Waals surface area contributed by atoms with Crippen LogP contribution in [0, 0.1) is 0 Å². The predicted molar refractivity (Wildman–Crippen MR) is 105 cm³/mol. The van der Waals surface area contributed by atoms with Crippen LogP contribution in [0.2, 0.25) is 0 Å². The average Bonchev–Trinajstić information content (AvgIpc) is 2.65. The number of carbonyl (C=O) groups is 1. The number of nitrogens with zero attached hydrogens (tertiary/aromatic N) is 1. The first-order valence-corrected chi connectivity index (χ1v) is 9.94. The van der Waals surface area contributed by atoms with Crippen LogP contribution < -0.4 is 15.8 Å². The van der Waals surface area contributed by atoms with E-state index in [1.165, 1.54) is 12.1 Å². The van der Waals surface area contributed by atoms with Gasteiger partial charge in [-0.25, -0.2) is 13.6 Å². The number of rotatable bonds is 7. The highest BCUT2D eigenvalue weighted by molar-refractivity contribution is 7.89. The summed E-state index contributed by atoms with van der Waals surface area (Å²) in [6.07, 6.45) is 2.35. The van der Waals surface area contributed by atoms with E-state index in [9.17, 15) is 13.2 Å². The van der Waals surface area contributed by atoms with E-state index in [0.717, 1.165) is 16.5 Å². The van der Waals surface area contributed by atoms with Crippen LogP contribution >= 0.6 is 0 Å². The third kappa shape index (κ3) is 5.10. The largest absolute Gasteiger partial charge is 0.323 e. The molecule has 1 aromatic heterocycles. The monoisotopic (exact) mass is 384 g/mol. The normalized spacial score (nSPS) is 11.4. The van der Waals surface area contributed by atoms with Gasteiger partial charge in [0.25, 0.3) is 0 Å². The van der Waals surface area contributed by atoms with Gasteiger partial charge in [-0.05, 0) is 42.8 Å². The van der Waals surface area contributed by atoms with Gasteiger partial charge in [-0.15, -0.1) is 0 Å². The molecule has 0 aliphatic heterocycles. The first-order chi connectivity index (χ1) is 12.9. The third-order valence-corrected chi connectivity index (χ3v) is 4.96. The maximum absolute atomic E-state index is 12.1. The summed E-state index contributed by atoms with van der Waals surface area (Å²) in [6.45, 7) is 0.744. The maximum Gasteiger partial charge on any atom is 0.238 e. The van der Waals surface area contributed by atoms with Crippen molar-refractivity contribution >= 4 is 32.5 Å². The molecule has 0 aliphatic rings. The Hall–Kier alpha value is -2.81. The van der Waals surface area contributed by atoms with Crippen LogP contribution in [0.3, 0.4) is 0 Å². The van der Waals surface area contributed by atoms with Gasteiger partial charge in [0.15, 0.2) is 0 Å². The quantitative estimate of drug-likeness (QED) is 0.536. The van der Waals surface area contributed by atoms with E-state index in [1.54, 1.807) is 18.3 Å². The molecule has 8 heteroatoms. The molecule has 0 saturated heterocycles. The molecule has 3 rings (SSSR count). The SMILES string of the molecule is NS(=O)(=O)c1ccc(CCNCC(=O)Nc2cccc3cccnc23)cc1. The molecule has 0 saturated carbocycles. The minimum Gasteiger partial charge on any atom is -0.323 e. The smallest absolute Gasteiger partial charge is 0.238 e. The van der Waals surface area contributed by atoms with Crippen LogP contribution in [-0.2, 0) is 21.2 Å². The Labute approximate surface area is 157 Å². The molecule has 0 aliphatic carbocycles. The number of primary sulfonamides is 1. The highest BCUT2D eigenvalue weighted by atomic mass is 32.2. The topological polar surface area (TPSA) is 114 Å². The van der Waals surface area contributed by atoms with Gasteiger partial charge in [-0.2, -0.15) is 0 Å². The molecular weight excluding hydrogens is 364 g/mol. The summed E-state index contributed by atoms with van der Waals surface area (Å²) < 4.78 is 22.5. The molecule has 3 aromatic rings. The van der Waals surface area contributed by atoms with Crippen molar-refractivity contribution in [3.8, 4) is 0 Å². The fraction of sp³-hybridized carbons (Fsp3) is 0.158. The van der Waals surface area contributed by atoms with Crippen LogP contribution in [0.5, 0.6) is 0 Å². The second-order valence-corrected chi connectivity index (χ2v) is 7.61. The number of anilines is 1. The fourth-order valence-corrected chi connectivity index (χ4v) is 3.20. The van der Waals surface area contributed by atoms with E-state index in [0.29, 0.717) is 18.7 Å². The number of nitrogens with two attached hydrogens (primary N) is 1. The molecule has 1 amide bonds. The van der Waals surface area contributed by atoms with Crippen molar-refractivity contribution < 1.29 is 13.2 Å². The molecule has 1 heterocycles. The Balaban J connectivity index is 1.48. The van der Waals surface area contributed by atoms with E-state index in [2.05, 4.69) is 15.6 Å². The molecule has 0 atom stereocenters. The van der Waals surface area contributed by atoms with Crippen LogP contribution in [-0.4, -0.2) is 32.4 Å². The summed E-state index contributed by atoms with van der Waals surface area (Å²) in [6, 6.07) is 15.8. The first-order valence-electron chi connectivity index (χ1n) is 8.39. The second kappa shape index (κ2) is 8.26. The molecule has 0 bridgehead atoms. The summed E-state index contributed by atoms with van der Waals surface area (Å²) in [5.41, 5.74) is 2.38. The minimum atomic E-state index is -3.68. The lowest BCUT2D eigenvalue weighted by molar-refractivity contribution is -0.115. The molecule has 4 N–H and O–H groups in total. The van der Waals surface area contributed by atoms with Gasteiger partial charge < -0.3 is 10.6 Å². The highest BCUT2D eigenvalue weighted by Crippen LogP contribution is 2.20. The number of aromatic nitrogens is 1. The first kappa shape index (κ1) is 19.0. The number of nitrogens with one attached hydrogen (secondary N) is 2. The van der Waals surface area contributed by atoms with Gasteiger partial charge in [-0.3, -0.25) is 9.78 Å².